The van der Waals surface area contributed by atoms with E-state index in [2.05, 4.69) is 15.3 Å². The largest absolute Gasteiger partial charge is 0.417 e. The zero-order valence-electron chi connectivity index (χ0n) is 20.9. The van der Waals surface area contributed by atoms with Crippen LogP contribution in [0.5, 0.6) is 0 Å². The zero-order chi connectivity index (χ0) is 26.4. The maximum atomic E-state index is 13.6. The van der Waals surface area contributed by atoms with Crippen molar-refractivity contribution in [1.29, 1.82) is 0 Å². The number of amides is 1. The van der Waals surface area contributed by atoms with Gasteiger partial charge in [-0.2, -0.15) is 13.2 Å². The van der Waals surface area contributed by atoms with Crippen LogP contribution in [0.1, 0.15) is 49.1 Å². The first-order chi connectivity index (χ1) is 17.5. The molecular weight excluding hydrogens is 479 g/mol. The molecule has 37 heavy (non-hydrogen) atoms. The van der Waals surface area contributed by atoms with Crippen LogP contribution in [-0.2, 0) is 11.2 Å². The minimum atomic E-state index is -4.64. The van der Waals surface area contributed by atoms with Gasteiger partial charge in [0.2, 0.25) is 0 Å². The molecule has 0 unspecified atom stereocenters. The van der Waals surface area contributed by atoms with Crippen LogP contribution >= 0.6 is 0 Å². The average molecular weight is 510 g/mol. The molecule has 1 aromatic carbocycles. The Bertz CT molecular complexity index is 1310. The number of rotatable bonds is 4. The highest BCUT2D eigenvalue weighted by molar-refractivity contribution is 6.06. The first-order valence-corrected chi connectivity index (χ1v) is 12.6. The molecule has 1 saturated carbocycles. The summed E-state index contributed by atoms with van der Waals surface area (Å²) >= 11 is 0. The van der Waals surface area contributed by atoms with E-state index in [0.29, 0.717) is 36.3 Å². The lowest BCUT2D eigenvalue weighted by Gasteiger charge is -2.44. The molecule has 3 aliphatic rings. The maximum Gasteiger partial charge on any atom is 0.417 e. The molecule has 0 bridgehead atoms. The summed E-state index contributed by atoms with van der Waals surface area (Å²) in [5.74, 6) is -0.350. The molecular formula is C29H30F3N3O2. The molecule has 1 fully saturated rings. The predicted octanol–water partition coefficient (Wildman–Crippen LogP) is 5.94. The van der Waals surface area contributed by atoms with E-state index in [4.69, 9.17) is 0 Å². The lowest BCUT2D eigenvalue weighted by Crippen LogP contribution is -2.49. The number of hydrogen-bond acceptors (Lipinski definition) is 4. The van der Waals surface area contributed by atoms with Gasteiger partial charge in [0.05, 0.1) is 17.6 Å². The van der Waals surface area contributed by atoms with Crippen molar-refractivity contribution in [3.8, 4) is 0 Å². The van der Waals surface area contributed by atoms with Gasteiger partial charge < -0.3 is 10.4 Å². The number of aryl methyl sites for hydroxylation is 2. The lowest BCUT2D eigenvalue weighted by molar-refractivity contribution is -0.271. The summed E-state index contributed by atoms with van der Waals surface area (Å²) in [6, 6.07) is 9.89. The van der Waals surface area contributed by atoms with Gasteiger partial charge in [-0.15, -0.1) is 0 Å². The third kappa shape index (κ3) is 4.99. The fourth-order valence-corrected chi connectivity index (χ4v) is 5.97. The Morgan fingerprint density at radius 3 is 2.65 bits per heavy atom. The third-order valence-electron chi connectivity index (χ3n) is 7.81. The van der Waals surface area contributed by atoms with Crippen molar-refractivity contribution >= 4 is 11.7 Å². The average Bonchev–Trinajstić information content (AvgIpc) is 2.85. The number of alkyl halides is 3. The van der Waals surface area contributed by atoms with Gasteiger partial charge in [-0.3, -0.25) is 9.78 Å². The van der Waals surface area contributed by atoms with Gasteiger partial charge in [-0.1, -0.05) is 42.0 Å². The quantitative estimate of drug-likeness (QED) is 0.535. The summed E-state index contributed by atoms with van der Waals surface area (Å²) in [6.45, 7) is 3.62. The summed E-state index contributed by atoms with van der Waals surface area (Å²) in [7, 11) is 0. The Morgan fingerprint density at radius 2 is 1.95 bits per heavy atom. The van der Waals surface area contributed by atoms with Crippen LogP contribution < -0.4 is 5.32 Å². The highest BCUT2D eigenvalue weighted by Crippen LogP contribution is 2.53. The molecule has 0 spiro atoms. The highest BCUT2D eigenvalue weighted by Gasteiger charge is 2.56. The number of aromatic nitrogens is 2. The lowest BCUT2D eigenvalue weighted by atomic mass is 9.63. The topological polar surface area (TPSA) is 75.1 Å². The van der Waals surface area contributed by atoms with Crippen molar-refractivity contribution in [3.63, 3.8) is 0 Å². The van der Waals surface area contributed by atoms with Crippen molar-refractivity contribution in [1.82, 2.24) is 9.97 Å². The van der Waals surface area contributed by atoms with E-state index in [0.717, 1.165) is 28.0 Å². The summed E-state index contributed by atoms with van der Waals surface area (Å²) in [5.41, 5.74) is 3.40. The Hall–Kier alpha value is -3.26. The van der Waals surface area contributed by atoms with Gasteiger partial charge in [-0.25, -0.2) is 4.98 Å². The maximum absolute atomic E-state index is 13.6. The minimum absolute atomic E-state index is 0.150. The molecule has 194 valence electrons. The van der Waals surface area contributed by atoms with E-state index >= 15 is 0 Å². The van der Waals surface area contributed by atoms with Crippen molar-refractivity contribution < 1.29 is 23.1 Å². The molecule has 3 aliphatic carbocycles. The van der Waals surface area contributed by atoms with Crippen molar-refractivity contribution in [3.05, 3.63) is 87.9 Å². The van der Waals surface area contributed by atoms with Crippen LogP contribution in [-0.4, -0.2) is 32.8 Å². The number of nitrogens with one attached hydrogen (secondary N) is 1. The Balaban J connectivity index is 1.49. The van der Waals surface area contributed by atoms with E-state index in [1.165, 1.54) is 0 Å². The SMILES string of the molecule is Cc1cnc(NC(=O)C2=C[C@@H](Cc3ccccc3)C3=C4CC[C@](O)(C(F)(F)F)C[C@H]4CCC3=C2)c(C)n1. The zero-order valence-corrected chi connectivity index (χ0v) is 20.9. The van der Waals surface area contributed by atoms with Gasteiger partial charge in [0.25, 0.3) is 5.91 Å². The number of anilines is 1. The van der Waals surface area contributed by atoms with Crippen LogP contribution in [0.15, 0.2) is 71.0 Å². The summed E-state index contributed by atoms with van der Waals surface area (Å²) in [5, 5.41) is 13.3. The summed E-state index contributed by atoms with van der Waals surface area (Å²) in [4.78, 5) is 22.0. The van der Waals surface area contributed by atoms with Crippen molar-refractivity contribution in [2.24, 2.45) is 11.8 Å². The number of benzene rings is 1. The Kier molecular flexibility index (Phi) is 6.56. The molecule has 2 aromatic rings. The van der Waals surface area contributed by atoms with Gasteiger partial charge in [0.15, 0.2) is 11.4 Å². The fraction of sp³-hybridized carbons (Fsp3) is 0.414. The molecule has 5 rings (SSSR count). The molecule has 1 heterocycles. The second-order valence-corrected chi connectivity index (χ2v) is 10.4. The minimum Gasteiger partial charge on any atom is -0.380 e. The van der Waals surface area contributed by atoms with Crippen molar-refractivity contribution in [2.75, 3.05) is 5.32 Å². The molecule has 0 saturated heterocycles. The molecule has 0 aliphatic heterocycles. The number of allylic oxidation sites excluding steroid dienone is 4. The molecule has 3 atom stereocenters. The van der Waals surface area contributed by atoms with Crippen LogP contribution in [0.2, 0.25) is 0 Å². The molecule has 1 amide bonds. The Labute approximate surface area is 214 Å². The molecule has 2 N–H and O–H groups in total. The number of fused-ring (bicyclic) bond motifs is 2. The second-order valence-electron chi connectivity index (χ2n) is 10.4. The number of hydrogen-bond donors (Lipinski definition) is 2. The van der Waals surface area contributed by atoms with Crippen LogP contribution in [0.25, 0.3) is 0 Å². The van der Waals surface area contributed by atoms with Crippen LogP contribution in [0.4, 0.5) is 19.0 Å². The number of carbonyl (C=O) groups is 1. The first-order valence-electron chi connectivity index (χ1n) is 12.6. The van der Waals surface area contributed by atoms with Gasteiger partial charge in [0.1, 0.15) is 0 Å². The number of aliphatic hydroxyl groups is 1. The summed E-state index contributed by atoms with van der Waals surface area (Å²) < 4.78 is 40.8. The molecule has 1 aromatic heterocycles. The van der Waals surface area contributed by atoms with E-state index in [9.17, 15) is 23.1 Å². The number of halogens is 3. The van der Waals surface area contributed by atoms with E-state index in [1.807, 2.05) is 49.4 Å². The fourth-order valence-electron chi connectivity index (χ4n) is 5.97. The second kappa shape index (κ2) is 9.56. The molecule has 8 heteroatoms. The predicted molar refractivity (Wildman–Crippen MR) is 135 cm³/mol. The smallest absolute Gasteiger partial charge is 0.380 e. The highest BCUT2D eigenvalue weighted by atomic mass is 19.4. The van der Waals surface area contributed by atoms with E-state index in [1.54, 1.807) is 13.1 Å². The van der Waals surface area contributed by atoms with Gasteiger partial charge in [-0.05, 0) is 81.1 Å². The monoisotopic (exact) mass is 509 g/mol. The Morgan fingerprint density at radius 1 is 1.19 bits per heavy atom. The molecule has 0 radical (unpaired) electrons. The van der Waals surface area contributed by atoms with Gasteiger partial charge >= 0.3 is 6.18 Å². The van der Waals surface area contributed by atoms with E-state index in [-0.39, 0.29) is 37.0 Å². The third-order valence-corrected chi connectivity index (χ3v) is 7.81. The van der Waals surface area contributed by atoms with Gasteiger partial charge in [0, 0.05) is 11.5 Å². The number of carbonyl (C=O) groups excluding carboxylic acids is 1. The summed E-state index contributed by atoms with van der Waals surface area (Å²) in [6.07, 6.45) is 2.05. The van der Waals surface area contributed by atoms with E-state index < -0.39 is 11.8 Å². The number of nitrogens with zero attached hydrogens (tertiary/aromatic N) is 2. The standard InChI is InChI=1S/C29H30F3N3O2/c1-17-16-33-26(18(2)34-17)35-27(36)23-13-20-8-9-21-15-28(37,29(30,31)32)11-10-24(21)25(20)22(14-23)12-19-6-4-3-5-7-19/h3-7,13-14,16,21-22,37H,8-12,15H2,1-2H3,(H,33,35,36)/t21-,22-,28-/m1/s1. The van der Waals surface area contributed by atoms with Crippen molar-refractivity contribution in [2.45, 2.75) is 64.1 Å². The van der Waals surface area contributed by atoms with Crippen LogP contribution in [0.3, 0.4) is 0 Å². The normalized spacial score (nSPS) is 25.6. The van der Waals surface area contributed by atoms with Crippen LogP contribution in [0, 0.1) is 25.7 Å². The first kappa shape index (κ1) is 25.4. The molecule has 5 nitrogen and oxygen atoms in total.